The van der Waals surface area contributed by atoms with Crippen molar-refractivity contribution in [3.05, 3.63) is 42.7 Å². The molecule has 0 fully saturated rings. The Morgan fingerprint density at radius 2 is 2.07 bits per heavy atom. The van der Waals surface area contributed by atoms with Gasteiger partial charge in [-0.25, -0.2) is 0 Å². The van der Waals surface area contributed by atoms with Gasteiger partial charge in [0.1, 0.15) is 0 Å². The van der Waals surface area contributed by atoms with Crippen LogP contribution in [0.15, 0.2) is 37.2 Å². The molecule has 0 aliphatic carbocycles. The van der Waals surface area contributed by atoms with Crippen LogP contribution in [-0.2, 0) is 0 Å². The molecular weight excluding hydrogens is 184 g/mol. The topological polar surface area (TPSA) is 24.9 Å². The Kier molecular flexibility index (Phi) is 5.05. The smallest absolute Gasteiger partial charge is 0.0295 e. The first-order valence-electron chi connectivity index (χ1n) is 5.51. The van der Waals surface area contributed by atoms with Crippen LogP contribution in [0.25, 0.3) is 0 Å². The summed E-state index contributed by atoms with van der Waals surface area (Å²) in [5, 5.41) is 3.56. The number of rotatable bonds is 6. The van der Waals surface area contributed by atoms with E-state index >= 15 is 0 Å². The summed E-state index contributed by atoms with van der Waals surface area (Å²) in [7, 11) is 0. The van der Waals surface area contributed by atoms with Crippen LogP contribution in [-0.4, -0.2) is 11.0 Å². The minimum atomic E-state index is 0.382. The molecule has 2 nitrogen and oxygen atoms in total. The molecule has 1 rings (SSSR count). The first-order chi connectivity index (χ1) is 7.24. The Balaban J connectivity index is 2.41. The van der Waals surface area contributed by atoms with E-state index in [1.165, 1.54) is 5.56 Å². The van der Waals surface area contributed by atoms with Crippen LogP contribution < -0.4 is 5.32 Å². The second kappa shape index (κ2) is 6.36. The van der Waals surface area contributed by atoms with Crippen molar-refractivity contribution in [2.45, 2.75) is 38.8 Å². The molecule has 0 bridgehead atoms. The van der Waals surface area contributed by atoms with Gasteiger partial charge in [0.05, 0.1) is 0 Å². The molecule has 0 aromatic carbocycles. The van der Waals surface area contributed by atoms with Crippen LogP contribution >= 0.6 is 0 Å². The zero-order valence-electron chi connectivity index (χ0n) is 9.61. The quantitative estimate of drug-likeness (QED) is 0.720. The van der Waals surface area contributed by atoms with Crippen LogP contribution in [0.3, 0.4) is 0 Å². The molecule has 1 aromatic heterocycles. The lowest BCUT2D eigenvalue weighted by Gasteiger charge is -2.19. The van der Waals surface area contributed by atoms with Gasteiger partial charge in [-0.3, -0.25) is 4.98 Å². The zero-order chi connectivity index (χ0) is 11.1. The summed E-state index contributed by atoms with van der Waals surface area (Å²) in [5.41, 5.74) is 1.29. The van der Waals surface area contributed by atoms with Gasteiger partial charge < -0.3 is 5.32 Å². The van der Waals surface area contributed by atoms with E-state index in [1.807, 2.05) is 18.5 Å². The van der Waals surface area contributed by atoms with Crippen molar-refractivity contribution in [3.63, 3.8) is 0 Å². The monoisotopic (exact) mass is 204 g/mol. The normalized spacial score (nSPS) is 14.5. The van der Waals surface area contributed by atoms with E-state index in [2.05, 4.69) is 42.9 Å². The number of hydrogen-bond acceptors (Lipinski definition) is 2. The average molecular weight is 204 g/mol. The number of aromatic nitrogens is 1. The minimum Gasteiger partial charge on any atom is -0.308 e. The highest BCUT2D eigenvalue weighted by molar-refractivity contribution is 5.14. The molecule has 1 N–H and O–H groups in total. The van der Waals surface area contributed by atoms with Gasteiger partial charge in [0, 0.05) is 24.5 Å². The fourth-order valence-corrected chi connectivity index (χ4v) is 1.63. The van der Waals surface area contributed by atoms with Gasteiger partial charge in [0.2, 0.25) is 0 Å². The Bertz CT molecular complexity index is 282. The zero-order valence-corrected chi connectivity index (χ0v) is 9.61. The summed E-state index contributed by atoms with van der Waals surface area (Å²) in [6.45, 7) is 8.12. The van der Waals surface area contributed by atoms with Gasteiger partial charge >= 0.3 is 0 Å². The van der Waals surface area contributed by atoms with Crippen molar-refractivity contribution in [1.29, 1.82) is 0 Å². The summed E-state index contributed by atoms with van der Waals surface area (Å²) in [6, 6.07) is 5.01. The van der Waals surface area contributed by atoms with E-state index < -0.39 is 0 Å². The molecule has 0 unspecified atom stereocenters. The second-order valence-electron chi connectivity index (χ2n) is 3.94. The summed E-state index contributed by atoms with van der Waals surface area (Å²) in [6.07, 6.45) is 7.84. The van der Waals surface area contributed by atoms with Crippen molar-refractivity contribution in [3.8, 4) is 0 Å². The molecule has 0 aliphatic rings. The first kappa shape index (κ1) is 11.9. The lowest BCUT2D eigenvalue weighted by molar-refractivity contribution is 0.458. The van der Waals surface area contributed by atoms with Crippen LogP contribution in [0.1, 0.15) is 38.3 Å². The number of hydrogen-bond donors (Lipinski definition) is 1. The predicted molar refractivity (Wildman–Crippen MR) is 64.7 cm³/mol. The highest BCUT2D eigenvalue weighted by Crippen LogP contribution is 2.12. The summed E-state index contributed by atoms with van der Waals surface area (Å²) >= 11 is 0. The Morgan fingerprint density at radius 1 is 1.40 bits per heavy atom. The summed E-state index contributed by atoms with van der Waals surface area (Å²) in [5.74, 6) is 0. The van der Waals surface area contributed by atoms with Crippen LogP contribution in [0.5, 0.6) is 0 Å². The number of nitrogens with one attached hydrogen (secondary N) is 1. The van der Waals surface area contributed by atoms with E-state index in [1.54, 1.807) is 0 Å². The molecule has 15 heavy (non-hydrogen) atoms. The molecule has 0 amide bonds. The van der Waals surface area contributed by atoms with Crippen molar-refractivity contribution in [1.82, 2.24) is 10.3 Å². The lowest BCUT2D eigenvalue weighted by atomic mass is 10.1. The molecule has 0 spiro atoms. The van der Waals surface area contributed by atoms with Gasteiger partial charge in [-0.15, -0.1) is 6.58 Å². The molecule has 1 aromatic rings. The number of allylic oxidation sites excluding steroid dienone is 1. The lowest BCUT2D eigenvalue weighted by Crippen LogP contribution is -2.28. The van der Waals surface area contributed by atoms with Gasteiger partial charge in [0.25, 0.3) is 0 Å². The number of pyridine rings is 1. The van der Waals surface area contributed by atoms with Gasteiger partial charge in [-0.05, 0) is 44.4 Å². The van der Waals surface area contributed by atoms with E-state index in [9.17, 15) is 0 Å². The predicted octanol–water partition coefficient (Wildman–Crippen LogP) is 3.09. The largest absolute Gasteiger partial charge is 0.308 e. The number of nitrogens with zero attached hydrogens (tertiary/aromatic N) is 1. The highest BCUT2D eigenvalue weighted by Gasteiger charge is 2.07. The summed E-state index contributed by atoms with van der Waals surface area (Å²) in [4.78, 5) is 4.02. The van der Waals surface area contributed by atoms with E-state index in [-0.39, 0.29) is 0 Å². The van der Waals surface area contributed by atoms with E-state index in [4.69, 9.17) is 0 Å². The van der Waals surface area contributed by atoms with Gasteiger partial charge in [-0.1, -0.05) is 6.08 Å². The average Bonchev–Trinajstić information content (AvgIpc) is 2.27. The van der Waals surface area contributed by atoms with E-state index in [0.29, 0.717) is 12.1 Å². The molecule has 82 valence electrons. The minimum absolute atomic E-state index is 0.382. The molecular formula is C13H20N2. The SMILES string of the molecule is C=CCC[C@@H](C)N[C@@H](C)c1ccncc1. The van der Waals surface area contributed by atoms with Crippen molar-refractivity contribution >= 4 is 0 Å². The molecule has 2 atom stereocenters. The van der Waals surface area contributed by atoms with E-state index in [0.717, 1.165) is 12.8 Å². The molecule has 0 saturated carbocycles. The van der Waals surface area contributed by atoms with Crippen molar-refractivity contribution in [2.75, 3.05) is 0 Å². The van der Waals surface area contributed by atoms with Crippen LogP contribution in [0.4, 0.5) is 0 Å². The molecule has 0 saturated heterocycles. The van der Waals surface area contributed by atoms with Crippen LogP contribution in [0, 0.1) is 0 Å². The first-order valence-corrected chi connectivity index (χ1v) is 5.51. The molecule has 0 radical (unpaired) electrons. The van der Waals surface area contributed by atoms with Crippen molar-refractivity contribution < 1.29 is 0 Å². The molecule has 1 heterocycles. The third kappa shape index (κ3) is 4.26. The Morgan fingerprint density at radius 3 is 2.67 bits per heavy atom. The Labute approximate surface area is 92.4 Å². The fourth-order valence-electron chi connectivity index (χ4n) is 1.63. The molecule has 2 heteroatoms. The maximum atomic E-state index is 4.02. The maximum absolute atomic E-state index is 4.02. The Hall–Kier alpha value is -1.15. The summed E-state index contributed by atoms with van der Waals surface area (Å²) < 4.78 is 0. The third-order valence-corrected chi connectivity index (χ3v) is 2.54. The van der Waals surface area contributed by atoms with Crippen LogP contribution in [0.2, 0.25) is 0 Å². The maximum Gasteiger partial charge on any atom is 0.0295 e. The molecule has 0 aliphatic heterocycles. The third-order valence-electron chi connectivity index (χ3n) is 2.54. The highest BCUT2D eigenvalue weighted by atomic mass is 14.9. The fraction of sp³-hybridized carbons (Fsp3) is 0.462. The van der Waals surface area contributed by atoms with Gasteiger partial charge in [0.15, 0.2) is 0 Å². The standard InChI is InChI=1S/C13H20N2/c1-4-5-6-11(2)15-12(3)13-7-9-14-10-8-13/h4,7-12,15H,1,5-6H2,2-3H3/t11-,12+/m1/s1. The van der Waals surface area contributed by atoms with Gasteiger partial charge in [-0.2, -0.15) is 0 Å². The van der Waals surface area contributed by atoms with Crippen molar-refractivity contribution in [2.24, 2.45) is 0 Å². The second-order valence-corrected chi connectivity index (χ2v) is 3.94.